The number of aliphatic imine (C=N–C) groups is 1. The highest BCUT2D eigenvalue weighted by atomic mass is 127. The van der Waals surface area contributed by atoms with Crippen LogP contribution in [-0.4, -0.2) is 48.7 Å². The van der Waals surface area contributed by atoms with Gasteiger partial charge in [0.05, 0.1) is 23.4 Å². The molecule has 1 unspecified atom stereocenters. The second kappa shape index (κ2) is 12.9. The van der Waals surface area contributed by atoms with Gasteiger partial charge in [-0.25, -0.2) is 4.98 Å². The van der Waals surface area contributed by atoms with Crippen LogP contribution >= 0.6 is 35.3 Å². The topological polar surface area (TPSA) is 49.8 Å². The Morgan fingerprint density at radius 3 is 2.62 bits per heavy atom. The van der Waals surface area contributed by atoms with Crippen molar-refractivity contribution in [2.75, 3.05) is 26.7 Å². The van der Waals surface area contributed by atoms with Crippen LogP contribution < -0.4 is 5.32 Å². The maximum absolute atomic E-state index is 5.79. The van der Waals surface area contributed by atoms with Crippen LogP contribution in [0.4, 0.5) is 0 Å². The molecule has 24 heavy (non-hydrogen) atoms. The molecular weight excluding hydrogens is 435 g/mol. The number of hydrogen-bond donors (Lipinski definition) is 1. The van der Waals surface area contributed by atoms with Crippen molar-refractivity contribution in [3.63, 3.8) is 0 Å². The zero-order valence-corrected chi connectivity index (χ0v) is 19.0. The number of hydrogen-bond acceptors (Lipinski definition) is 4. The minimum Gasteiger partial charge on any atom is -0.378 e. The number of ether oxygens (including phenoxy) is 1. The number of aromatic nitrogens is 1. The summed E-state index contributed by atoms with van der Waals surface area (Å²) in [5.41, 5.74) is 1.09. The van der Waals surface area contributed by atoms with Gasteiger partial charge in [-0.05, 0) is 33.1 Å². The Balaban J connectivity index is 0.00000529. The van der Waals surface area contributed by atoms with Gasteiger partial charge in [-0.15, -0.1) is 35.3 Å². The summed E-state index contributed by atoms with van der Waals surface area (Å²) in [4.78, 5) is 11.4. The van der Waals surface area contributed by atoms with Gasteiger partial charge in [-0.1, -0.05) is 13.8 Å². The molecule has 0 aliphatic carbocycles. The fraction of sp³-hybridized carbons (Fsp3) is 0.765. The maximum atomic E-state index is 5.79. The van der Waals surface area contributed by atoms with E-state index in [1.54, 1.807) is 11.3 Å². The van der Waals surface area contributed by atoms with Crippen LogP contribution in [0.2, 0.25) is 0 Å². The van der Waals surface area contributed by atoms with Gasteiger partial charge in [-0.3, -0.25) is 4.99 Å². The van der Waals surface area contributed by atoms with Gasteiger partial charge in [0.1, 0.15) is 0 Å². The molecule has 140 valence electrons. The van der Waals surface area contributed by atoms with E-state index in [0.29, 0.717) is 5.92 Å². The Morgan fingerprint density at radius 2 is 2.12 bits per heavy atom. The van der Waals surface area contributed by atoms with Crippen LogP contribution in [0.3, 0.4) is 0 Å². The molecule has 1 atom stereocenters. The highest BCUT2D eigenvalue weighted by molar-refractivity contribution is 14.0. The third kappa shape index (κ3) is 8.62. The molecule has 7 heteroatoms. The van der Waals surface area contributed by atoms with Gasteiger partial charge >= 0.3 is 0 Å². The number of guanidine groups is 1. The van der Waals surface area contributed by atoms with E-state index >= 15 is 0 Å². The van der Waals surface area contributed by atoms with E-state index in [4.69, 9.17) is 9.73 Å². The molecule has 1 rings (SSSR count). The summed E-state index contributed by atoms with van der Waals surface area (Å²) < 4.78 is 5.79. The molecule has 0 fully saturated rings. The van der Waals surface area contributed by atoms with Crippen molar-refractivity contribution in [1.82, 2.24) is 15.2 Å². The second-order valence-electron chi connectivity index (χ2n) is 5.98. The van der Waals surface area contributed by atoms with E-state index < -0.39 is 0 Å². The van der Waals surface area contributed by atoms with Gasteiger partial charge in [0.2, 0.25) is 0 Å². The van der Waals surface area contributed by atoms with Crippen molar-refractivity contribution in [3.05, 3.63) is 16.1 Å². The molecule has 0 spiro atoms. The van der Waals surface area contributed by atoms with Gasteiger partial charge in [0.15, 0.2) is 5.96 Å². The highest BCUT2D eigenvalue weighted by Crippen LogP contribution is 2.12. The molecule has 1 aromatic heterocycles. The molecule has 0 amide bonds. The van der Waals surface area contributed by atoms with Crippen LogP contribution in [0.25, 0.3) is 0 Å². The lowest BCUT2D eigenvalue weighted by Gasteiger charge is -2.23. The molecule has 1 heterocycles. The summed E-state index contributed by atoms with van der Waals surface area (Å²) >= 11 is 1.69. The normalized spacial score (nSPS) is 12.9. The monoisotopic (exact) mass is 468 g/mol. The van der Waals surface area contributed by atoms with Crippen LogP contribution in [-0.2, 0) is 11.3 Å². The zero-order valence-electron chi connectivity index (χ0n) is 15.8. The molecule has 0 aliphatic rings. The van der Waals surface area contributed by atoms with E-state index in [1.807, 2.05) is 13.8 Å². The summed E-state index contributed by atoms with van der Waals surface area (Å²) in [6, 6.07) is 0. The van der Waals surface area contributed by atoms with E-state index in [1.165, 1.54) is 0 Å². The van der Waals surface area contributed by atoms with Gasteiger partial charge in [0, 0.05) is 32.1 Å². The predicted molar refractivity (Wildman–Crippen MR) is 115 cm³/mol. The molecular formula is C17H33IN4OS. The van der Waals surface area contributed by atoms with Crippen molar-refractivity contribution in [2.45, 2.75) is 53.7 Å². The second-order valence-corrected chi connectivity index (χ2v) is 7.04. The molecule has 0 bridgehead atoms. The minimum absolute atomic E-state index is 0. The van der Waals surface area contributed by atoms with Crippen LogP contribution in [0.1, 0.15) is 44.8 Å². The lowest BCUT2D eigenvalue weighted by molar-refractivity contribution is 0.0266. The van der Waals surface area contributed by atoms with Crippen LogP contribution in [0.15, 0.2) is 10.4 Å². The first-order valence-corrected chi connectivity index (χ1v) is 9.37. The zero-order chi connectivity index (χ0) is 17.2. The van der Waals surface area contributed by atoms with Gasteiger partial charge in [0.25, 0.3) is 0 Å². The third-order valence-electron chi connectivity index (χ3n) is 3.56. The van der Waals surface area contributed by atoms with Crippen molar-refractivity contribution >= 4 is 41.3 Å². The quantitative estimate of drug-likeness (QED) is 0.339. The SMILES string of the molecule is CCNC(=NCCC(OCC)C(C)C)N(C)Cc1csc(C)n1.I. The fourth-order valence-electron chi connectivity index (χ4n) is 2.39. The van der Waals surface area contributed by atoms with E-state index in [-0.39, 0.29) is 30.1 Å². The van der Waals surface area contributed by atoms with Crippen molar-refractivity contribution in [2.24, 2.45) is 10.9 Å². The Kier molecular flexibility index (Phi) is 12.7. The minimum atomic E-state index is 0. The molecule has 0 aromatic carbocycles. The summed E-state index contributed by atoms with van der Waals surface area (Å²) in [6.07, 6.45) is 1.22. The first-order valence-electron chi connectivity index (χ1n) is 8.49. The molecule has 1 N–H and O–H groups in total. The van der Waals surface area contributed by atoms with E-state index in [2.05, 4.69) is 48.4 Å². The average Bonchev–Trinajstić information content (AvgIpc) is 2.90. The molecule has 0 aliphatic heterocycles. The average molecular weight is 468 g/mol. The van der Waals surface area contributed by atoms with E-state index in [0.717, 1.165) is 49.3 Å². The smallest absolute Gasteiger partial charge is 0.194 e. The Hall–Kier alpha value is -0.410. The number of halogens is 1. The molecule has 0 saturated carbocycles. The van der Waals surface area contributed by atoms with Gasteiger partial charge < -0.3 is 15.0 Å². The summed E-state index contributed by atoms with van der Waals surface area (Å²) in [7, 11) is 2.05. The highest BCUT2D eigenvalue weighted by Gasteiger charge is 2.13. The third-order valence-corrected chi connectivity index (χ3v) is 4.38. The summed E-state index contributed by atoms with van der Waals surface area (Å²) in [6.45, 7) is 13.7. The molecule has 1 aromatic rings. The van der Waals surface area contributed by atoms with Crippen molar-refractivity contribution in [3.8, 4) is 0 Å². The predicted octanol–water partition coefficient (Wildman–Crippen LogP) is 3.92. The Bertz CT molecular complexity index is 479. The molecule has 0 saturated heterocycles. The molecule has 0 radical (unpaired) electrons. The maximum Gasteiger partial charge on any atom is 0.194 e. The Morgan fingerprint density at radius 1 is 1.42 bits per heavy atom. The first-order chi connectivity index (χ1) is 11.0. The largest absolute Gasteiger partial charge is 0.378 e. The van der Waals surface area contributed by atoms with Gasteiger partial charge in [-0.2, -0.15) is 0 Å². The summed E-state index contributed by atoms with van der Waals surface area (Å²) in [5, 5.41) is 6.57. The van der Waals surface area contributed by atoms with Crippen LogP contribution in [0, 0.1) is 12.8 Å². The van der Waals surface area contributed by atoms with Crippen LogP contribution in [0.5, 0.6) is 0 Å². The van der Waals surface area contributed by atoms with E-state index in [9.17, 15) is 0 Å². The Labute approximate surface area is 168 Å². The number of aryl methyl sites for hydroxylation is 1. The number of nitrogens with zero attached hydrogens (tertiary/aromatic N) is 3. The number of thiazole rings is 1. The first kappa shape index (κ1) is 23.6. The molecule has 5 nitrogen and oxygen atoms in total. The number of nitrogens with one attached hydrogen (secondary N) is 1. The lowest BCUT2D eigenvalue weighted by atomic mass is 10.0. The van der Waals surface area contributed by atoms with Crippen molar-refractivity contribution in [1.29, 1.82) is 0 Å². The van der Waals surface area contributed by atoms with Crippen molar-refractivity contribution < 1.29 is 4.74 Å². The fourth-order valence-corrected chi connectivity index (χ4v) is 2.99. The number of rotatable bonds is 9. The lowest BCUT2D eigenvalue weighted by Crippen LogP contribution is -2.38. The summed E-state index contributed by atoms with van der Waals surface area (Å²) in [5.74, 6) is 1.45. The standard InChI is InChI=1S/C17H32N4OS.HI/c1-7-18-17(19-10-9-16(13(3)4)22-8-2)21(6)11-15-12-23-14(5)20-15;/h12-13,16H,7-11H2,1-6H3,(H,18,19);1H.